The van der Waals surface area contributed by atoms with Gasteiger partial charge in [-0.05, 0) is 40.2 Å². The number of hydrogen-bond acceptors (Lipinski definition) is 4. The molecule has 1 aromatic rings. The number of halogens is 1. The largest absolute Gasteiger partial charge is 0.383 e. The van der Waals surface area contributed by atoms with Crippen molar-refractivity contribution in [1.82, 2.24) is 9.88 Å². The van der Waals surface area contributed by atoms with Gasteiger partial charge in [-0.1, -0.05) is 0 Å². The van der Waals surface area contributed by atoms with Crippen LogP contribution in [0.25, 0.3) is 0 Å². The molecule has 2 rings (SSSR count). The molecule has 1 saturated heterocycles. The van der Waals surface area contributed by atoms with Crippen LogP contribution >= 0.6 is 27.7 Å². The van der Waals surface area contributed by atoms with Gasteiger partial charge in [0.1, 0.15) is 4.60 Å². The van der Waals surface area contributed by atoms with Crippen LogP contribution in [0.3, 0.4) is 0 Å². The molecule has 1 aliphatic rings. The minimum Gasteiger partial charge on any atom is -0.383 e. The Balaban J connectivity index is 2.14. The van der Waals surface area contributed by atoms with E-state index in [1.54, 1.807) is 25.4 Å². The highest BCUT2D eigenvalue weighted by atomic mass is 79.9. The maximum Gasteiger partial charge on any atom is 0.254 e. The van der Waals surface area contributed by atoms with Crippen molar-refractivity contribution < 1.29 is 9.53 Å². The van der Waals surface area contributed by atoms with Crippen molar-refractivity contribution in [2.24, 2.45) is 0 Å². The number of nitrogens with zero attached hydrogens (tertiary/aromatic N) is 2. The summed E-state index contributed by atoms with van der Waals surface area (Å²) in [6.45, 7) is 1.21. The molecule has 1 amide bonds. The Labute approximate surface area is 126 Å². The summed E-state index contributed by atoms with van der Waals surface area (Å²) in [5.74, 6) is 2.20. The number of rotatable bonds is 5. The third-order valence-electron chi connectivity index (χ3n) is 3.12. The molecule has 0 N–H and O–H groups in total. The van der Waals surface area contributed by atoms with Crippen LogP contribution in [0.15, 0.2) is 22.9 Å². The van der Waals surface area contributed by atoms with Crippen LogP contribution in [0, 0.1) is 0 Å². The van der Waals surface area contributed by atoms with E-state index in [0.717, 1.165) is 17.9 Å². The number of carbonyl (C=O) groups is 1. The number of methoxy groups -OCH3 is 1. The average molecular weight is 345 g/mol. The van der Waals surface area contributed by atoms with Gasteiger partial charge in [0.2, 0.25) is 0 Å². The molecule has 0 aromatic carbocycles. The zero-order valence-corrected chi connectivity index (χ0v) is 13.2. The molecule has 2 heterocycles. The van der Waals surface area contributed by atoms with Crippen LogP contribution in [-0.2, 0) is 4.74 Å². The van der Waals surface area contributed by atoms with E-state index in [4.69, 9.17) is 4.74 Å². The second kappa shape index (κ2) is 7.26. The molecule has 1 fully saturated rings. The van der Waals surface area contributed by atoms with E-state index >= 15 is 0 Å². The van der Waals surface area contributed by atoms with Crippen LogP contribution in [0.2, 0.25) is 0 Å². The van der Waals surface area contributed by atoms with Crippen LogP contribution in [0.1, 0.15) is 16.8 Å². The molecule has 0 aliphatic carbocycles. The molecule has 1 atom stereocenters. The SMILES string of the molecule is COCCN(C(=O)c1ccnc(Br)c1)C1CCSC1. The van der Waals surface area contributed by atoms with Crippen molar-refractivity contribution >= 4 is 33.6 Å². The van der Waals surface area contributed by atoms with Gasteiger partial charge >= 0.3 is 0 Å². The number of ether oxygens (including phenoxy) is 1. The van der Waals surface area contributed by atoms with Crippen molar-refractivity contribution in [3.8, 4) is 0 Å². The normalized spacial score (nSPS) is 18.5. The number of aromatic nitrogens is 1. The third kappa shape index (κ3) is 3.94. The molecular formula is C13H17BrN2O2S. The highest BCUT2D eigenvalue weighted by molar-refractivity contribution is 9.10. The Bertz CT molecular complexity index is 438. The van der Waals surface area contributed by atoms with E-state index < -0.39 is 0 Å². The topological polar surface area (TPSA) is 42.4 Å². The van der Waals surface area contributed by atoms with E-state index in [2.05, 4.69) is 20.9 Å². The van der Waals surface area contributed by atoms with Gasteiger partial charge in [0.05, 0.1) is 6.61 Å². The minimum atomic E-state index is 0.0626. The molecule has 1 unspecified atom stereocenters. The lowest BCUT2D eigenvalue weighted by atomic mass is 10.1. The first kappa shape index (κ1) is 14.8. The Morgan fingerprint density at radius 2 is 2.53 bits per heavy atom. The predicted octanol–water partition coefficient (Wildman–Crippen LogP) is 2.44. The third-order valence-corrected chi connectivity index (χ3v) is 4.70. The number of amides is 1. The van der Waals surface area contributed by atoms with Crippen molar-refractivity contribution in [3.63, 3.8) is 0 Å². The second-order valence-electron chi connectivity index (χ2n) is 4.38. The second-order valence-corrected chi connectivity index (χ2v) is 6.34. The lowest BCUT2D eigenvalue weighted by molar-refractivity contribution is 0.0624. The van der Waals surface area contributed by atoms with Crippen LogP contribution < -0.4 is 0 Å². The summed E-state index contributed by atoms with van der Waals surface area (Å²) in [4.78, 5) is 18.6. The lowest BCUT2D eigenvalue weighted by Crippen LogP contribution is -2.42. The van der Waals surface area contributed by atoms with Gasteiger partial charge in [-0.3, -0.25) is 4.79 Å². The molecule has 1 aliphatic heterocycles. The van der Waals surface area contributed by atoms with Crippen LogP contribution in [-0.4, -0.2) is 53.6 Å². The van der Waals surface area contributed by atoms with Crippen LogP contribution in [0.5, 0.6) is 0 Å². The van der Waals surface area contributed by atoms with Gasteiger partial charge < -0.3 is 9.64 Å². The number of pyridine rings is 1. The van der Waals surface area contributed by atoms with Gasteiger partial charge in [-0.15, -0.1) is 0 Å². The molecule has 0 saturated carbocycles. The van der Waals surface area contributed by atoms with Crippen LogP contribution in [0.4, 0.5) is 0 Å². The van der Waals surface area contributed by atoms with Gasteiger partial charge in [-0.25, -0.2) is 4.98 Å². The molecular weight excluding hydrogens is 328 g/mol. The van der Waals surface area contributed by atoms with E-state index in [1.165, 1.54) is 0 Å². The summed E-state index contributed by atoms with van der Waals surface area (Å²) in [5.41, 5.74) is 0.676. The smallest absolute Gasteiger partial charge is 0.254 e. The molecule has 4 nitrogen and oxygen atoms in total. The average Bonchev–Trinajstić information content (AvgIpc) is 2.93. The zero-order chi connectivity index (χ0) is 13.7. The van der Waals surface area contributed by atoms with Crippen molar-refractivity contribution in [3.05, 3.63) is 28.5 Å². The maximum atomic E-state index is 12.6. The fraction of sp³-hybridized carbons (Fsp3) is 0.538. The summed E-state index contributed by atoms with van der Waals surface area (Å²) in [5, 5.41) is 0. The predicted molar refractivity (Wildman–Crippen MR) is 80.6 cm³/mol. The maximum absolute atomic E-state index is 12.6. The zero-order valence-electron chi connectivity index (χ0n) is 10.8. The standard InChI is InChI=1S/C13H17BrN2O2S/c1-18-6-5-16(11-3-7-19-9-11)13(17)10-2-4-15-12(14)8-10/h2,4,8,11H,3,5-7,9H2,1H3. The number of hydrogen-bond donors (Lipinski definition) is 0. The summed E-state index contributed by atoms with van der Waals surface area (Å²) in [6, 6.07) is 3.85. The molecule has 19 heavy (non-hydrogen) atoms. The molecule has 1 aromatic heterocycles. The van der Waals surface area contributed by atoms with Gasteiger partial charge in [0, 0.05) is 37.2 Å². The number of carbonyl (C=O) groups excluding carboxylic acids is 1. The summed E-state index contributed by atoms with van der Waals surface area (Å²) in [6.07, 6.45) is 2.71. The Hall–Kier alpha value is -0.590. The van der Waals surface area contributed by atoms with Crippen molar-refractivity contribution in [2.45, 2.75) is 12.5 Å². The summed E-state index contributed by atoms with van der Waals surface area (Å²) < 4.78 is 5.81. The van der Waals surface area contributed by atoms with Crippen molar-refractivity contribution in [1.29, 1.82) is 0 Å². The molecule has 0 bridgehead atoms. The van der Waals surface area contributed by atoms with Crippen molar-refractivity contribution in [2.75, 3.05) is 31.8 Å². The summed E-state index contributed by atoms with van der Waals surface area (Å²) in [7, 11) is 1.66. The molecule has 0 radical (unpaired) electrons. The monoisotopic (exact) mass is 344 g/mol. The van der Waals surface area contributed by atoms with E-state index in [9.17, 15) is 4.79 Å². The first-order chi connectivity index (χ1) is 9.22. The highest BCUT2D eigenvalue weighted by Crippen LogP contribution is 2.24. The highest BCUT2D eigenvalue weighted by Gasteiger charge is 2.27. The fourth-order valence-electron chi connectivity index (χ4n) is 2.11. The first-order valence-electron chi connectivity index (χ1n) is 6.21. The summed E-state index contributed by atoms with van der Waals surface area (Å²) >= 11 is 5.21. The van der Waals surface area contributed by atoms with Gasteiger partial charge in [-0.2, -0.15) is 11.8 Å². The van der Waals surface area contributed by atoms with E-state index in [1.807, 2.05) is 16.7 Å². The Kier molecular flexibility index (Phi) is 5.66. The fourth-order valence-corrected chi connectivity index (χ4v) is 3.70. The molecule has 0 spiro atoms. The van der Waals surface area contributed by atoms with Gasteiger partial charge in [0.25, 0.3) is 5.91 Å². The van der Waals surface area contributed by atoms with E-state index in [-0.39, 0.29) is 5.91 Å². The first-order valence-corrected chi connectivity index (χ1v) is 8.16. The van der Waals surface area contributed by atoms with Gasteiger partial charge in [0.15, 0.2) is 0 Å². The van der Waals surface area contributed by atoms with E-state index in [0.29, 0.717) is 29.4 Å². The lowest BCUT2D eigenvalue weighted by Gasteiger charge is -2.28. The Morgan fingerprint density at radius 3 is 3.16 bits per heavy atom. The molecule has 104 valence electrons. The Morgan fingerprint density at radius 1 is 1.68 bits per heavy atom. The minimum absolute atomic E-state index is 0.0626. The number of thioether (sulfide) groups is 1. The quantitative estimate of drug-likeness (QED) is 0.769. The molecule has 6 heteroatoms.